The number of nitrogens with zero attached hydrogens (tertiary/aromatic N) is 3. The second kappa shape index (κ2) is 11.3. The maximum absolute atomic E-state index is 12.5. The zero-order valence-electron chi connectivity index (χ0n) is 18.5. The Morgan fingerprint density at radius 1 is 1.16 bits per heavy atom. The van der Waals surface area contributed by atoms with E-state index in [1.165, 1.54) is 10.5 Å². The topological polar surface area (TPSA) is 71.3 Å². The van der Waals surface area contributed by atoms with Gasteiger partial charge in [0.15, 0.2) is 0 Å². The molecule has 0 atom stereocenters. The number of rotatable bonds is 9. The predicted molar refractivity (Wildman–Crippen MR) is 127 cm³/mol. The van der Waals surface area contributed by atoms with Gasteiger partial charge in [-0.05, 0) is 63.2 Å². The average Bonchev–Trinajstić information content (AvgIpc) is 3.28. The van der Waals surface area contributed by atoms with Crippen LogP contribution in [0.2, 0.25) is 0 Å². The Labute approximate surface area is 193 Å². The Morgan fingerprint density at radius 3 is 2.75 bits per heavy atom. The number of hydrogen-bond acceptors (Lipinski definition) is 6. The standard InChI is InChI=1S/C25H30N4O2S/c1-19-7-5-8-21(17-19)24-27-23(31-28-24)18-29-14-11-20(12-15-29)25(30)26-13-6-16-32-22-9-3-2-4-10-22/h2-5,7-10,17,20H,6,11-16,18H2,1H3,(H,26,30). The molecule has 6 nitrogen and oxygen atoms in total. The summed E-state index contributed by atoms with van der Waals surface area (Å²) in [5, 5.41) is 7.24. The van der Waals surface area contributed by atoms with Gasteiger partial charge in [-0.3, -0.25) is 9.69 Å². The summed E-state index contributed by atoms with van der Waals surface area (Å²) >= 11 is 1.83. The first-order valence-corrected chi connectivity index (χ1v) is 12.2. The molecule has 1 fully saturated rings. The van der Waals surface area contributed by atoms with Crippen LogP contribution in [0.5, 0.6) is 0 Å². The van der Waals surface area contributed by atoms with Crippen LogP contribution in [0, 0.1) is 12.8 Å². The maximum atomic E-state index is 12.5. The number of piperidine rings is 1. The van der Waals surface area contributed by atoms with Crippen molar-refractivity contribution in [3.05, 3.63) is 66.1 Å². The molecule has 1 aliphatic heterocycles. The van der Waals surface area contributed by atoms with E-state index in [4.69, 9.17) is 4.52 Å². The molecule has 1 N–H and O–H groups in total. The van der Waals surface area contributed by atoms with Crippen LogP contribution in [0.3, 0.4) is 0 Å². The second-order valence-corrected chi connectivity index (χ2v) is 9.41. The van der Waals surface area contributed by atoms with Crippen molar-refractivity contribution < 1.29 is 9.32 Å². The summed E-state index contributed by atoms with van der Waals surface area (Å²) in [4.78, 5) is 20.6. The Hall–Kier alpha value is -2.64. The van der Waals surface area contributed by atoms with Gasteiger partial charge in [0.2, 0.25) is 17.6 Å². The largest absolute Gasteiger partial charge is 0.356 e. The first-order valence-electron chi connectivity index (χ1n) is 11.2. The van der Waals surface area contributed by atoms with Gasteiger partial charge in [0.1, 0.15) is 0 Å². The number of aromatic nitrogens is 2. The van der Waals surface area contributed by atoms with Crippen molar-refractivity contribution in [1.82, 2.24) is 20.4 Å². The Balaban J connectivity index is 1.15. The van der Waals surface area contributed by atoms with Crippen LogP contribution < -0.4 is 5.32 Å². The van der Waals surface area contributed by atoms with E-state index in [0.29, 0.717) is 18.3 Å². The Bertz CT molecular complexity index is 1000. The minimum absolute atomic E-state index is 0.0959. The molecule has 3 aromatic rings. The van der Waals surface area contributed by atoms with Gasteiger partial charge in [0.25, 0.3) is 0 Å². The molecule has 4 rings (SSSR count). The third-order valence-corrected chi connectivity index (χ3v) is 6.79. The molecule has 0 saturated carbocycles. The number of benzene rings is 2. The van der Waals surface area contributed by atoms with Crippen LogP contribution in [-0.2, 0) is 11.3 Å². The second-order valence-electron chi connectivity index (χ2n) is 8.24. The van der Waals surface area contributed by atoms with E-state index in [-0.39, 0.29) is 11.8 Å². The van der Waals surface area contributed by atoms with Crippen LogP contribution in [0.4, 0.5) is 0 Å². The van der Waals surface area contributed by atoms with E-state index in [1.807, 2.05) is 30.0 Å². The van der Waals surface area contributed by atoms with E-state index in [9.17, 15) is 4.79 Å². The van der Waals surface area contributed by atoms with E-state index >= 15 is 0 Å². The van der Waals surface area contributed by atoms with Gasteiger partial charge < -0.3 is 9.84 Å². The van der Waals surface area contributed by atoms with Crippen molar-refractivity contribution in [2.24, 2.45) is 5.92 Å². The summed E-state index contributed by atoms with van der Waals surface area (Å²) in [6.45, 7) is 5.15. The normalized spacial score (nSPS) is 15.0. The van der Waals surface area contributed by atoms with Gasteiger partial charge in [-0.25, -0.2) is 0 Å². The zero-order chi connectivity index (χ0) is 22.2. The molecular weight excluding hydrogens is 420 g/mol. The van der Waals surface area contributed by atoms with Crippen LogP contribution in [0.15, 0.2) is 64.0 Å². The smallest absolute Gasteiger partial charge is 0.241 e. The van der Waals surface area contributed by atoms with Crippen molar-refractivity contribution >= 4 is 17.7 Å². The lowest BCUT2D eigenvalue weighted by molar-refractivity contribution is -0.126. The lowest BCUT2D eigenvalue weighted by atomic mass is 9.96. The fourth-order valence-electron chi connectivity index (χ4n) is 3.90. The predicted octanol–water partition coefficient (Wildman–Crippen LogP) is 4.56. The molecule has 1 aliphatic rings. The molecule has 1 amide bonds. The van der Waals surface area contributed by atoms with Crippen molar-refractivity contribution in [3.8, 4) is 11.4 Å². The molecule has 7 heteroatoms. The van der Waals surface area contributed by atoms with Crippen LogP contribution >= 0.6 is 11.8 Å². The number of carbonyl (C=O) groups excluding carboxylic acids is 1. The molecular formula is C25H30N4O2S. The van der Waals surface area contributed by atoms with Crippen molar-refractivity contribution in [1.29, 1.82) is 0 Å². The van der Waals surface area contributed by atoms with Crippen LogP contribution in [0.1, 0.15) is 30.7 Å². The number of hydrogen-bond donors (Lipinski definition) is 1. The number of thioether (sulfide) groups is 1. The van der Waals surface area contributed by atoms with E-state index in [1.54, 1.807) is 0 Å². The van der Waals surface area contributed by atoms with Gasteiger partial charge >= 0.3 is 0 Å². The van der Waals surface area contributed by atoms with Crippen LogP contribution in [-0.4, -0.2) is 46.3 Å². The number of aryl methyl sites for hydroxylation is 1. The summed E-state index contributed by atoms with van der Waals surface area (Å²) in [6, 6.07) is 18.5. The van der Waals surface area contributed by atoms with E-state index in [0.717, 1.165) is 50.2 Å². The summed E-state index contributed by atoms with van der Waals surface area (Å²) in [6.07, 6.45) is 2.71. The van der Waals surface area contributed by atoms with Crippen molar-refractivity contribution in [2.75, 3.05) is 25.4 Å². The molecule has 1 aromatic heterocycles. The first-order chi connectivity index (χ1) is 15.7. The molecule has 168 valence electrons. The lowest BCUT2D eigenvalue weighted by Crippen LogP contribution is -2.40. The number of likely N-dealkylation sites (tertiary alicyclic amines) is 1. The molecule has 0 aliphatic carbocycles. The molecule has 0 bridgehead atoms. The van der Waals surface area contributed by atoms with E-state index < -0.39 is 0 Å². The number of amides is 1. The fraction of sp³-hybridized carbons (Fsp3) is 0.400. The molecule has 0 spiro atoms. The highest BCUT2D eigenvalue weighted by atomic mass is 32.2. The molecule has 0 radical (unpaired) electrons. The monoisotopic (exact) mass is 450 g/mol. The quantitative estimate of drug-likeness (QED) is 0.381. The molecule has 1 saturated heterocycles. The lowest BCUT2D eigenvalue weighted by Gasteiger charge is -2.30. The van der Waals surface area contributed by atoms with E-state index in [2.05, 4.69) is 63.7 Å². The highest BCUT2D eigenvalue weighted by Gasteiger charge is 2.25. The van der Waals surface area contributed by atoms with Crippen molar-refractivity contribution in [2.45, 2.75) is 37.6 Å². The van der Waals surface area contributed by atoms with Gasteiger partial charge in [0.05, 0.1) is 6.54 Å². The molecule has 2 heterocycles. The minimum Gasteiger partial charge on any atom is -0.356 e. The molecule has 0 unspecified atom stereocenters. The third kappa shape index (κ3) is 6.43. The average molecular weight is 451 g/mol. The summed E-state index contributed by atoms with van der Waals surface area (Å²) in [7, 11) is 0. The SMILES string of the molecule is Cc1cccc(-c2noc(CN3CCC(C(=O)NCCCSc4ccccc4)CC3)n2)c1. The molecule has 32 heavy (non-hydrogen) atoms. The summed E-state index contributed by atoms with van der Waals surface area (Å²) in [5.74, 6) is 2.55. The number of carbonyl (C=O) groups is 1. The fourth-order valence-corrected chi connectivity index (χ4v) is 4.77. The van der Waals surface area contributed by atoms with Crippen molar-refractivity contribution in [3.63, 3.8) is 0 Å². The Kier molecular flexibility index (Phi) is 7.96. The van der Waals surface area contributed by atoms with Gasteiger partial charge in [-0.2, -0.15) is 4.98 Å². The van der Waals surface area contributed by atoms with Gasteiger partial charge in [-0.1, -0.05) is 47.1 Å². The first kappa shape index (κ1) is 22.6. The molecule has 2 aromatic carbocycles. The van der Waals surface area contributed by atoms with Crippen LogP contribution in [0.25, 0.3) is 11.4 Å². The maximum Gasteiger partial charge on any atom is 0.241 e. The summed E-state index contributed by atoms with van der Waals surface area (Å²) in [5.41, 5.74) is 2.14. The van der Waals surface area contributed by atoms with Gasteiger partial charge in [-0.15, -0.1) is 11.8 Å². The summed E-state index contributed by atoms with van der Waals surface area (Å²) < 4.78 is 5.46. The van der Waals surface area contributed by atoms with Gasteiger partial charge in [0, 0.05) is 22.9 Å². The zero-order valence-corrected chi connectivity index (χ0v) is 19.3. The minimum atomic E-state index is 0.0959. The number of nitrogens with one attached hydrogen (secondary N) is 1. The third-order valence-electron chi connectivity index (χ3n) is 5.69. The highest BCUT2D eigenvalue weighted by Crippen LogP contribution is 2.21. The highest BCUT2D eigenvalue weighted by molar-refractivity contribution is 7.99. The Morgan fingerprint density at radius 2 is 1.97 bits per heavy atom.